The van der Waals surface area contributed by atoms with Gasteiger partial charge in [-0.2, -0.15) is 13.2 Å². The largest absolute Gasteiger partial charge is 0.391 e. The third-order valence-electron chi connectivity index (χ3n) is 5.06. The van der Waals surface area contributed by atoms with Gasteiger partial charge in [-0.05, 0) is 69.9 Å². The van der Waals surface area contributed by atoms with E-state index in [1.54, 1.807) is 0 Å². The van der Waals surface area contributed by atoms with Gasteiger partial charge in [-0.25, -0.2) is 0 Å². The molecule has 0 spiro atoms. The molecule has 0 aromatic carbocycles. The van der Waals surface area contributed by atoms with E-state index in [-0.39, 0.29) is 5.92 Å². The summed E-state index contributed by atoms with van der Waals surface area (Å²) in [5, 5.41) is 3.50. The second-order valence-electron chi connectivity index (χ2n) is 6.63. The van der Waals surface area contributed by atoms with Gasteiger partial charge in [0.1, 0.15) is 0 Å². The number of rotatable bonds is 5. The highest BCUT2D eigenvalue weighted by Gasteiger charge is 2.42. The van der Waals surface area contributed by atoms with Gasteiger partial charge in [0.25, 0.3) is 0 Å². The molecule has 4 unspecified atom stereocenters. The van der Waals surface area contributed by atoms with Crippen LogP contribution in [-0.4, -0.2) is 25.3 Å². The van der Waals surface area contributed by atoms with Crippen LogP contribution in [0.2, 0.25) is 0 Å². The Bertz CT molecular complexity index is 293. The van der Waals surface area contributed by atoms with Crippen molar-refractivity contribution in [3.05, 3.63) is 0 Å². The number of alkyl halides is 3. The Morgan fingerprint density at radius 2 is 1.80 bits per heavy atom. The van der Waals surface area contributed by atoms with Crippen LogP contribution < -0.4 is 11.1 Å². The SMILES string of the molecule is NCCC1CCC(NCC2CCCC(C(F)(F)F)C2)C1. The predicted molar refractivity (Wildman–Crippen MR) is 74.3 cm³/mol. The Balaban J connectivity index is 1.69. The molecule has 118 valence electrons. The van der Waals surface area contributed by atoms with Crippen molar-refractivity contribution in [1.29, 1.82) is 0 Å². The summed E-state index contributed by atoms with van der Waals surface area (Å²) in [4.78, 5) is 0. The number of nitrogens with two attached hydrogens (primary N) is 1. The Morgan fingerprint density at radius 1 is 1.00 bits per heavy atom. The number of hydrogen-bond donors (Lipinski definition) is 2. The summed E-state index contributed by atoms with van der Waals surface area (Å²) in [5.41, 5.74) is 5.57. The molecule has 0 heterocycles. The van der Waals surface area contributed by atoms with Gasteiger partial charge in [-0.3, -0.25) is 0 Å². The zero-order valence-corrected chi connectivity index (χ0v) is 12.1. The van der Waals surface area contributed by atoms with E-state index in [2.05, 4.69) is 5.32 Å². The third-order valence-corrected chi connectivity index (χ3v) is 5.06. The van der Waals surface area contributed by atoms with Crippen LogP contribution in [0.15, 0.2) is 0 Å². The van der Waals surface area contributed by atoms with Crippen molar-refractivity contribution in [2.24, 2.45) is 23.5 Å². The Hall–Kier alpha value is -0.290. The highest BCUT2D eigenvalue weighted by Crippen LogP contribution is 2.39. The molecule has 0 bridgehead atoms. The fourth-order valence-corrected chi connectivity index (χ4v) is 3.87. The molecular formula is C15H27F3N2. The monoisotopic (exact) mass is 292 g/mol. The third kappa shape index (κ3) is 4.62. The molecule has 2 rings (SSSR count). The molecular weight excluding hydrogens is 265 g/mol. The maximum Gasteiger partial charge on any atom is 0.391 e. The lowest BCUT2D eigenvalue weighted by Gasteiger charge is -2.31. The second kappa shape index (κ2) is 7.12. The molecule has 0 saturated heterocycles. The minimum absolute atomic E-state index is 0.198. The average molecular weight is 292 g/mol. The summed E-state index contributed by atoms with van der Waals surface area (Å²) < 4.78 is 38.3. The van der Waals surface area contributed by atoms with Crippen LogP contribution in [0.5, 0.6) is 0 Å². The van der Waals surface area contributed by atoms with Gasteiger partial charge in [0, 0.05) is 6.04 Å². The van der Waals surface area contributed by atoms with Gasteiger partial charge >= 0.3 is 6.18 Å². The van der Waals surface area contributed by atoms with Gasteiger partial charge in [0.05, 0.1) is 5.92 Å². The predicted octanol–water partition coefficient (Wildman–Crippen LogP) is 3.46. The Morgan fingerprint density at radius 3 is 2.50 bits per heavy atom. The average Bonchev–Trinajstić information content (AvgIpc) is 2.84. The number of nitrogens with one attached hydrogen (secondary N) is 1. The molecule has 0 amide bonds. The molecule has 0 aromatic rings. The van der Waals surface area contributed by atoms with Crippen LogP contribution >= 0.6 is 0 Å². The second-order valence-corrected chi connectivity index (χ2v) is 6.63. The maximum atomic E-state index is 12.8. The van der Waals surface area contributed by atoms with Crippen molar-refractivity contribution in [2.45, 2.75) is 63.6 Å². The van der Waals surface area contributed by atoms with Gasteiger partial charge in [-0.1, -0.05) is 6.42 Å². The van der Waals surface area contributed by atoms with Crippen LogP contribution in [0.1, 0.15) is 51.4 Å². The van der Waals surface area contributed by atoms with Crippen LogP contribution in [0.3, 0.4) is 0 Å². The van der Waals surface area contributed by atoms with E-state index in [0.29, 0.717) is 24.8 Å². The summed E-state index contributed by atoms with van der Waals surface area (Å²) >= 11 is 0. The summed E-state index contributed by atoms with van der Waals surface area (Å²) in [6.07, 6.45) is 2.89. The van der Waals surface area contributed by atoms with E-state index in [4.69, 9.17) is 5.73 Å². The first-order valence-corrected chi connectivity index (χ1v) is 7.99. The van der Waals surface area contributed by atoms with E-state index < -0.39 is 12.1 Å². The minimum Gasteiger partial charge on any atom is -0.330 e. The fourth-order valence-electron chi connectivity index (χ4n) is 3.87. The first-order valence-electron chi connectivity index (χ1n) is 7.99. The first-order chi connectivity index (χ1) is 9.49. The van der Waals surface area contributed by atoms with Crippen molar-refractivity contribution < 1.29 is 13.2 Å². The van der Waals surface area contributed by atoms with E-state index >= 15 is 0 Å². The molecule has 2 nitrogen and oxygen atoms in total. The van der Waals surface area contributed by atoms with Gasteiger partial charge in [-0.15, -0.1) is 0 Å². The highest BCUT2D eigenvalue weighted by molar-refractivity contribution is 4.84. The quantitative estimate of drug-likeness (QED) is 0.814. The Labute approximate surface area is 119 Å². The number of halogens is 3. The standard InChI is InChI=1S/C15H27F3N2/c16-15(17,18)13-3-1-2-12(8-13)10-20-14-5-4-11(9-14)6-7-19/h11-14,20H,1-10,19H2. The molecule has 2 fully saturated rings. The fraction of sp³-hybridized carbons (Fsp3) is 1.00. The smallest absolute Gasteiger partial charge is 0.330 e. The van der Waals surface area contributed by atoms with Gasteiger partial charge < -0.3 is 11.1 Å². The molecule has 20 heavy (non-hydrogen) atoms. The van der Waals surface area contributed by atoms with E-state index in [1.807, 2.05) is 0 Å². The number of hydrogen-bond acceptors (Lipinski definition) is 2. The first kappa shape index (κ1) is 16.1. The van der Waals surface area contributed by atoms with Crippen LogP contribution in [0.4, 0.5) is 13.2 Å². The van der Waals surface area contributed by atoms with Gasteiger partial charge in [0.2, 0.25) is 0 Å². The van der Waals surface area contributed by atoms with Crippen molar-refractivity contribution >= 4 is 0 Å². The summed E-state index contributed by atoms with van der Waals surface area (Å²) in [6.45, 7) is 1.50. The minimum atomic E-state index is -4.00. The lowest BCUT2D eigenvalue weighted by atomic mass is 9.81. The lowest BCUT2D eigenvalue weighted by molar-refractivity contribution is -0.185. The Kier molecular flexibility index (Phi) is 5.73. The molecule has 4 atom stereocenters. The maximum absolute atomic E-state index is 12.8. The summed E-state index contributed by atoms with van der Waals surface area (Å²) in [6, 6.07) is 0.498. The molecule has 5 heteroatoms. The topological polar surface area (TPSA) is 38.0 Å². The van der Waals surface area contributed by atoms with Crippen molar-refractivity contribution in [1.82, 2.24) is 5.32 Å². The van der Waals surface area contributed by atoms with Crippen molar-refractivity contribution in [3.63, 3.8) is 0 Å². The van der Waals surface area contributed by atoms with Gasteiger partial charge in [0.15, 0.2) is 0 Å². The molecule has 0 aromatic heterocycles. The molecule has 2 aliphatic carbocycles. The molecule has 0 radical (unpaired) electrons. The molecule has 0 aliphatic heterocycles. The zero-order chi connectivity index (χ0) is 14.6. The summed E-state index contributed by atoms with van der Waals surface area (Å²) in [7, 11) is 0. The van der Waals surface area contributed by atoms with Crippen molar-refractivity contribution in [2.75, 3.05) is 13.1 Å². The lowest BCUT2D eigenvalue weighted by Crippen LogP contribution is -2.36. The highest BCUT2D eigenvalue weighted by atomic mass is 19.4. The molecule has 2 saturated carbocycles. The van der Waals surface area contributed by atoms with Crippen LogP contribution in [0.25, 0.3) is 0 Å². The van der Waals surface area contributed by atoms with Crippen LogP contribution in [0, 0.1) is 17.8 Å². The van der Waals surface area contributed by atoms with E-state index in [1.165, 1.54) is 6.42 Å². The van der Waals surface area contributed by atoms with E-state index in [0.717, 1.165) is 45.2 Å². The molecule has 2 aliphatic rings. The zero-order valence-electron chi connectivity index (χ0n) is 12.1. The van der Waals surface area contributed by atoms with Crippen molar-refractivity contribution in [3.8, 4) is 0 Å². The molecule has 3 N–H and O–H groups in total. The summed E-state index contributed by atoms with van der Waals surface area (Å²) in [5.74, 6) is -0.160. The van der Waals surface area contributed by atoms with E-state index in [9.17, 15) is 13.2 Å². The normalized spacial score (nSPS) is 35.4. The van der Waals surface area contributed by atoms with Crippen LogP contribution in [-0.2, 0) is 0 Å².